The molecule has 3 aliphatic heterocycles. The molecule has 2 atom stereocenters. The van der Waals surface area contributed by atoms with Crippen LogP contribution in [0.4, 0.5) is 5.69 Å². The molecule has 3 heterocycles. The van der Waals surface area contributed by atoms with Gasteiger partial charge in [0.05, 0.1) is 5.69 Å². The molecule has 134 valence electrons. The minimum absolute atomic E-state index is 0.0835. The summed E-state index contributed by atoms with van der Waals surface area (Å²) in [6, 6.07) is 9.02. The van der Waals surface area contributed by atoms with E-state index >= 15 is 0 Å². The van der Waals surface area contributed by atoms with Crippen LogP contribution in [0.5, 0.6) is 0 Å². The zero-order valence-electron chi connectivity index (χ0n) is 15.0. The highest BCUT2D eigenvalue weighted by atomic mass is 16.2. The van der Waals surface area contributed by atoms with E-state index < -0.39 is 0 Å². The third-order valence-electron chi connectivity index (χ3n) is 6.07. The lowest BCUT2D eigenvalue weighted by Gasteiger charge is -2.32. The smallest absolute Gasteiger partial charge is 0.227 e. The molecule has 4 rings (SSSR count). The van der Waals surface area contributed by atoms with Gasteiger partial charge >= 0.3 is 0 Å². The van der Waals surface area contributed by atoms with Crippen molar-refractivity contribution in [1.82, 2.24) is 9.80 Å². The highest BCUT2D eigenvalue weighted by Crippen LogP contribution is 2.30. The number of ketones is 1. The van der Waals surface area contributed by atoms with Gasteiger partial charge in [0.1, 0.15) is 0 Å². The number of benzene rings is 1. The van der Waals surface area contributed by atoms with Gasteiger partial charge in [-0.1, -0.05) is 12.1 Å². The lowest BCUT2D eigenvalue weighted by molar-refractivity contribution is -0.118. The lowest BCUT2D eigenvalue weighted by Crippen LogP contribution is -2.44. The summed E-state index contributed by atoms with van der Waals surface area (Å²) in [6.45, 7) is 4.23. The number of likely N-dealkylation sites (tertiary alicyclic amines) is 2. The molecule has 2 fully saturated rings. The molecule has 0 unspecified atom stereocenters. The van der Waals surface area contributed by atoms with Crippen LogP contribution in [0, 0.1) is 0 Å². The fourth-order valence-electron chi connectivity index (χ4n) is 4.62. The number of rotatable bonds is 5. The molecular formula is C20H27N3O2. The molecule has 0 aliphatic carbocycles. The summed E-state index contributed by atoms with van der Waals surface area (Å²) in [5.41, 5.74) is 1.50. The van der Waals surface area contributed by atoms with Crippen molar-refractivity contribution in [2.24, 2.45) is 0 Å². The van der Waals surface area contributed by atoms with Gasteiger partial charge in [0.15, 0.2) is 5.78 Å². The van der Waals surface area contributed by atoms with E-state index in [9.17, 15) is 9.59 Å². The van der Waals surface area contributed by atoms with Gasteiger partial charge in [-0.2, -0.15) is 0 Å². The number of hydrogen-bond donors (Lipinski definition) is 0. The maximum atomic E-state index is 12.5. The van der Waals surface area contributed by atoms with Crippen molar-refractivity contribution in [3.63, 3.8) is 0 Å². The molecule has 2 saturated heterocycles. The largest absolute Gasteiger partial charge is 0.312 e. The normalized spacial score (nSPS) is 27.0. The molecule has 5 heteroatoms. The molecule has 0 aromatic heterocycles. The van der Waals surface area contributed by atoms with Crippen molar-refractivity contribution in [3.05, 3.63) is 29.8 Å². The van der Waals surface area contributed by atoms with E-state index in [1.54, 1.807) is 0 Å². The number of amides is 1. The molecule has 1 aromatic carbocycles. The zero-order chi connectivity index (χ0) is 17.4. The van der Waals surface area contributed by atoms with Crippen LogP contribution in [0.25, 0.3) is 0 Å². The topological polar surface area (TPSA) is 43.9 Å². The van der Waals surface area contributed by atoms with Crippen molar-refractivity contribution in [2.45, 2.75) is 44.2 Å². The van der Waals surface area contributed by atoms with E-state index in [0.29, 0.717) is 24.9 Å². The first-order valence-electron chi connectivity index (χ1n) is 9.50. The van der Waals surface area contributed by atoms with Crippen LogP contribution >= 0.6 is 0 Å². The van der Waals surface area contributed by atoms with Crippen LogP contribution in [-0.4, -0.2) is 66.8 Å². The number of anilines is 1. The molecule has 1 amide bonds. The Morgan fingerprint density at radius 2 is 1.80 bits per heavy atom. The minimum atomic E-state index is 0.0835. The molecule has 25 heavy (non-hydrogen) atoms. The van der Waals surface area contributed by atoms with Gasteiger partial charge in [-0.25, -0.2) is 0 Å². The number of unbranched alkanes of at least 4 members (excludes halogenated alkanes) is 1. The van der Waals surface area contributed by atoms with Crippen LogP contribution in [0.2, 0.25) is 0 Å². The molecule has 5 nitrogen and oxygen atoms in total. The maximum absolute atomic E-state index is 12.5. The quantitative estimate of drug-likeness (QED) is 0.770. The van der Waals surface area contributed by atoms with Crippen molar-refractivity contribution in [2.75, 3.05) is 38.1 Å². The van der Waals surface area contributed by atoms with Crippen molar-refractivity contribution < 1.29 is 9.59 Å². The Morgan fingerprint density at radius 1 is 1.00 bits per heavy atom. The average Bonchev–Trinajstić information content (AvgIpc) is 3.15. The zero-order valence-corrected chi connectivity index (χ0v) is 15.0. The van der Waals surface area contributed by atoms with Gasteiger partial charge in [-0.15, -0.1) is 0 Å². The van der Waals surface area contributed by atoms with E-state index in [0.717, 1.165) is 37.2 Å². The van der Waals surface area contributed by atoms with Gasteiger partial charge < -0.3 is 9.80 Å². The highest BCUT2D eigenvalue weighted by Gasteiger charge is 2.40. The van der Waals surface area contributed by atoms with E-state index in [1.165, 1.54) is 19.5 Å². The maximum Gasteiger partial charge on any atom is 0.227 e. The van der Waals surface area contributed by atoms with Gasteiger partial charge in [0, 0.05) is 50.1 Å². The number of piperazine rings is 1. The van der Waals surface area contributed by atoms with Crippen LogP contribution in [0.1, 0.15) is 42.5 Å². The number of nitrogens with zero attached hydrogens (tertiary/aromatic N) is 3. The van der Waals surface area contributed by atoms with Gasteiger partial charge in [-0.05, 0) is 45.0 Å². The second-order valence-electron chi connectivity index (χ2n) is 7.67. The number of Topliss-reactive ketones (excluding diaryl/α,β-unsaturated/α-hetero) is 1. The standard InChI is InChI=1S/C20H27N3O2/c1-21-13-16-12-15(21)14-22(16)10-4-5-11-23-18-7-3-2-6-17(18)19(24)8-9-20(23)25/h2-3,6-7,15-16H,4-5,8-14H2,1H3/t15-,16-/m0/s1. The molecule has 1 aromatic rings. The fourth-order valence-corrected chi connectivity index (χ4v) is 4.62. The summed E-state index contributed by atoms with van der Waals surface area (Å²) in [7, 11) is 2.23. The number of para-hydroxylation sites is 1. The Hall–Kier alpha value is -1.72. The summed E-state index contributed by atoms with van der Waals surface area (Å²) in [5.74, 6) is 0.170. The first-order chi connectivity index (χ1) is 12.1. The third kappa shape index (κ3) is 3.23. The number of carbonyl (C=O) groups is 2. The van der Waals surface area contributed by atoms with E-state index in [2.05, 4.69) is 16.8 Å². The summed E-state index contributed by atoms with van der Waals surface area (Å²) in [5, 5.41) is 0. The second-order valence-corrected chi connectivity index (χ2v) is 7.67. The summed E-state index contributed by atoms with van der Waals surface area (Å²) < 4.78 is 0. The second kappa shape index (κ2) is 6.89. The number of carbonyl (C=O) groups excluding carboxylic acids is 2. The number of likely N-dealkylation sites (N-methyl/N-ethyl adjacent to an activating group) is 1. The van der Waals surface area contributed by atoms with Crippen LogP contribution in [0.3, 0.4) is 0 Å². The molecule has 2 bridgehead atoms. The van der Waals surface area contributed by atoms with Gasteiger partial charge in [-0.3, -0.25) is 14.5 Å². The van der Waals surface area contributed by atoms with Crippen LogP contribution in [-0.2, 0) is 4.79 Å². The van der Waals surface area contributed by atoms with Gasteiger partial charge in [0.25, 0.3) is 0 Å². The van der Waals surface area contributed by atoms with E-state index in [4.69, 9.17) is 0 Å². The fraction of sp³-hybridized carbons (Fsp3) is 0.600. The van der Waals surface area contributed by atoms with Crippen molar-refractivity contribution >= 4 is 17.4 Å². The molecule has 0 saturated carbocycles. The molecule has 0 N–H and O–H groups in total. The first kappa shape index (κ1) is 16.7. The Balaban J connectivity index is 1.34. The van der Waals surface area contributed by atoms with Crippen LogP contribution < -0.4 is 4.90 Å². The predicted octanol–water partition coefficient (Wildman–Crippen LogP) is 2.16. The Labute approximate surface area is 149 Å². The Bertz CT molecular complexity index is 673. The average molecular weight is 341 g/mol. The highest BCUT2D eigenvalue weighted by molar-refractivity contribution is 6.09. The third-order valence-corrected chi connectivity index (χ3v) is 6.07. The Morgan fingerprint density at radius 3 is 2.56 bits per heavy atom. The van der Waals surface area contributed by atoms with Crippen LogP contribution in [0.15, 0.2) is 24.3 Å². The molecule has 3 aliphatic rings. The number of hydrogen-bond acceptors (Lipinski definition) is 4. The monoisotopic (exact) mass is 341 g/mol. The first-order valence-corrected chi connectivity index (χ1v) is 9.50. The van der Waals surface area contributed by atoms with Crippen molar-refractivity contribution in [1.29, 1.82) is 0 Å². The van der Waals surface area contributed by atoms with Gasteiger partial charge in [0.2, 0.25) is 5.91 Å². The summed E-state index contributed by atoms with van der Waals surface area (Å²) in [4.78, 5) is 31.6. The minimum Gasteiger partial charge on any atom is -0.312 e. The van der Waals surface area contributed by atoms with E-state index in [-0.39, 0.29) is 11.7 Å². The molecule has 0 spiro atoms. The van der Waals surface area contributed by atoms with E-state index in [1.807, 2.05) is 29.2 Å². The van der Waals surface area contributed by atoms with Crippen molar-refractivity contribution in [3.8, 4) is 0 Å². The SMILES string of the molecule is CN1C[C@@H]2C[C@H]1CN2CCCCN1C(=O)CCC(=O)c2ccccc21. The predicted molar refractivity (Wildman–Crippen MR) is 98.0 cm³/mol. The summed E-state index contributed by atoms with van der Waals surface area (Å²) >= 11 is 0. The molecule has 0 radical (unpaired) electrons. The lowest BCUT2D eigenvalue weighted by atomic mass is 10.1. The number of fused-ring (bicyclic) bond motifs is 3. The molecular weight excluding hydrogens is 314 g/mol. The Kier molecular flexibility index (Phi) is 4.61. The summed E-state index contributed by atoms with van der Waals surface area (Å²) in [6.07, 6.45) is 4.06.